The number of nitrogens with zero attached hydrogens (tertiary/aromatic N) is 2. The Kier molecular flexibility index (Phi) is 7.83. The van der Waals surface area contributed by atoms with E-state index >= 15 is 0 Å². The number of carboxylic acid groups (broad SMARTS) is 1. The van der Waals surface area contributed by atoms with E-state index in [-0.39, 0.29) is 0 Å². The van der Waals surface area contributed by atoms with Crippen molar-refractivity contribution >= 4 is 23.0 Å². The first-order chi connectivity index (χ1) is 15.0. The molecule has 1 atom stereocenters. The number of hydrogen-bond donors (Lipinski definition) is 1. The summed E-state index contributed by atoms with van der Waals surface area (Å²) < 4.78 is 11.6. The first kappa shape index (κ1) is 22.6. The summed E-state index contributed by atoms with van der Waals surface area (Å²) in [5.41, 5.74) is 2.21. The smallest absolute Gasteiger partial charge is 0.312 e. The zero-order valence-corrected chi connectivity index (χ0v) is 18.6. The second kappa shape index (κ2) is 10.8. The summed E-state index contributed by atoms with van der Waals surface area (Å²) in [4.78, 5) is 22.1. The average Bonchev–Trinajstić information content (AvgIpc) is 3.41. The third-order valence-corrected chi connectivity index (χ3v) is 5.59. The molecule has 0 bridgehead atoms. The molecule has 164 valence electrons. The van der Waals surface area contributed by atoms with Gasteiger partial charge in [0.25, 0.3) is 0 Å². The highest BCUT2D eigenvalue weighted by Gasteiger charge is 2.22. The number of rotatable bonds is 11. The van der Waals surface area contributed by atoms with E-state index in [1.54, 1.807) is 25.2 Å². The Morgan fingerprint density at radius 3 is 2.71 bits per heavy atom. The van der Waals surface area contributed by atoms with Crippen LogP contribution in [0.5, 0.6) is 5.75 Å². The summed E-state index contributed by atoms with van der Waals surface area (Å²) in [6, 6.07) is 11.4. The van der Waals surface area contributed by atoms with Crippen LogP contribution in [0.3, 0.4) is 0 Å². The lowest BCUT2D eigenvalue weighted by Crippen LogP contribution is -2.24. The Morgan fingerprint density at radius 2 is 2.06 bits per heavy atom. The molecule has 2 heterocycles. The van der Waals surface area contributed by atoms with Crippen molar-refractivity contribution in [3.05, 3.63) is 58.8 Å². The largest absolute Gasteiger partial charge is 0.493 e. The normalized spacial score (nSPS) is 12.5. The summed E-state index contributed by atoms with van der Waals surface area (Å²) in [7, 11) is 0. The van der Waals surface area contributed by atoms with Gasteiger partial charge in [0.1, 0.15) is 24.0 Å². The molecule has 0 aliphatic heterocycles. The van der Waals surface area contributed by atoms with Crippen molar-refractivity contribution in [2.75, 3.05) is 13.2 Å². The zero-order chi connectivity index (χ0) is 22.2. The molecule has 0 amide bonds. The van der Waals surface area contributed by atoms with Gasteiger partial charge in [-0.3, -0.25) is 4.79 Å². The van der Waals surface area contributed by atoms with Crippen molar-refractivity contribution < 1.29 is 23.9 Å². The van der Waals surface area contributed by atoms with Crippen molar-refractivity contribution in [2.45, 2.75) is 33.6 Å². The number of benzene rings is 1. The van der Waals surface area contributed by atoms with E-state index < -0.39 is 11.9 Å². The van der Waals surface area contributed by atoms with Gasteiger partial charge in [0.15, 0.2) is 0 Å². The second-order valence-electron chi connectivity index (χ2n) is 6.99. The first-order valence-corrected chi connectivity index (χ1v) is 11.0. The zero-order valence-electron chi connectivity index (χ0n) is 17.8. The van der Waals surface area contributed by atoms with Crippen LogP contribution in [0, 0.1) is 12.8 Å². The fraction of sp³-hybridized carbons (Fsp3) is 0.348. The molecular weight excluding hydrogens is 416 g/mol. The molecule has 31 heavy (non-hydrogen) atoms. The number of hydrogen-bond acceptors (Lipinski definition) is 7. The van der Waals surface area contributed by atoms with Gasteiger partial charge in [0.05, 0.1) is 22.9 Å². The molecule has 0 aliphatic carbocycles. The van der Waals surface area contributed by atoms with Crippen LogP contribution in [0.1, 0.15) is 30.9 Å². The summed E-state index contributed by atoms with van der Waals surface area (Å²) in [5, 5.41) is 15.4. The van der Waals surface area contributed by atoms with Crippen molar-refractivity contribution in [1.29, 1.82) is 0 Å². The third-order valence-electron chi connectivity index (χ3n) is 4.74. The lowest BCUT2D eigenvalue weighted by molar-refractivity contribution is -0.139. The van der Waals surface area contributed by atoms with Gasteiger partial charge < -0.3 is 19.1 Å². The number of carbonyl (C=O) groups is 1. The highest BCUT2D eigenvalue weighted by molar-refractivity contribution is 7.13. The lowest BCUT2D eigenvalue weighted by Gasteiger charge is -2.12. The Balaban J connectivity index is 1.54. The maximum atomic E-state index is 11.6. The molecule has 3 aromatic rings. The molecular formula is C23H26N2O5S. The SMILES string of the molecule is CCO/N=C(\C)C(Cc1ccc(OCCc2nc(-c3cccs3)oc2C)cc1)C(=O)O. The van der Waals surface area contributed by atoms with Gasteiger partial charge in [-0.2, -0.15) is 0 Å². The van der Waals surface area contributed by atoms with Crippen LogP contribution in [0.2, 0.25) is 0 Å². The van der Waals surface area contributed by atoms with Crippen LogP contribution in [0.15, 0.2) is 51.4 Å². The summed E-state index contributed by atoms with van der Waals surface area (Å²) in [5.74, 6) is 0.501. The number of ether oxygens (including phenoxy) is 1. The molecule has 0 spiro atoms. The molecule has 7 nitrogen and oxygen atoms in total. The van der Waals surface area contributed by atoms with Crippen LogP contribution in [0.4, 0.5) is 0 Å². The fourth-order valence-electron chi connectivity index (χ4n) is 3.03. The highest BCUT2D eigenvalue weighted by atomic mass is 32.1. The molecule has 0 aliphatic rings. The molecule has 0 radical (unpaired) electrons. The van der Waals surface area contributed by atoms with Crippen LogP contribution in [-0.2, 0) is 22.5 Å². The number of oxazole rings is 1. The Hall–Kier alpha value is -3.13. The van der Waals surface area contributed by atoms with Crippen LogP contribution in [-0.4, -0.2) is 35.0 Å². The minimum atomic E-state index is -0.925. The quantitative estimate of drug-likeness (QED) is 0.332. The number of carboxylic acids is 1. The topological polar surface area (TPSA) is 94.2 Å². The Bertz CT molecular complexity index is 1010. The van der Waals surface area contributed by atoms with Gasteiger partial charge in [-0.05, 0) is 56.3 Å². The monoisotopic (exact) mass is 442 g/mol. The first-order valence-electron chi connectivity index (χ1n) is 10.1. The van der Waals surface area contributed by atoms with E-state index in [0.29, 0.717) is 37.7 Å². The molecule has 2 aromatic heterocycles. The van der Waals surface area contributed by atoms with Gasteiger partial charge in [0, 0.05) is 6.42 Å². The number of aromatic nitrogens is 1. The summed E-state index contributed by atoms with van der Waals surface area (Å²) >= 11 is 1.59. The minimum Gasteiger partial charge on any atom is -0.493 e. The summed E-state index contributed by atoms with van der Waals surface area (Å²) in [6.07, 6.45) is 0.971. The predicted molar refractivity (Wildman–Crippen MR) is 120 cm³/mol. The van der Waals surface area contributed by atoms with Gasteiger partial charge >= 0.3 is 5.97 Å². The van der Waals surface area contributed by atoms with Crippen LogP contribution in [0.25, 0.3) is 10.8 Å². The van der Waals surface area contributed by atoms with E-state index in [9.17, 15) is 9.90 Å². The molecule has 1 N–H and O–H groups in total. The molecule has 1 unspecified atom stereocenters. The number of aryl methyl sites for hydroxylation is 1. The lowest BCUT2D eigenvalue weighted by atomic mass is 9.95. The Morgan fingerprint density at radius 1 is 1.29 bits per heavy atom. The maximum Gasteiger partial charge on any atom is 0.312 e. The van der Waals surface area contributed by atoms with Gasteiger partial charge in [0.2, 0.25) is 5.89 Å². The molecule has 0 saturated heterocycles. The Labute approximate surface area is 185 Å². The van der Waals surface area contributed by atoms with E-state index in [0.717, 1.165) is 27.6 Å². The standard InChI is InChI=1S/C23H26N2O5S/c1-4-29-25-15(2)19(23(26)27)14-17-7-9-18(10-8-17)28-12-11-20-16(3)30-22(24-20)21-6-5-13-31-21/h5-10,13,19H,4,11-12,14H2,1-3H3,(H,26,27)/b25-15+. The van der Waals surface area contributed by atoms with E-state index in [2.05, 4.69) is 10.1 Å². The van der Waals surface area contributed by atoms with E-state index in [4.69, 9.17) is 14.0 Å². The van der Waals surface area contributed by atoms with E-state index in [1.807, 2.05) is 48.7 Å². The maximum absolute atomic E-state index is 11.6. The van der Waals surface area contributed by atoms with Crippen molar-refractivity contribution in [1.82, 2.24) is 4.98 Å². The third kappa shape index (κ3) is 6.18. The van der Waals surface area contributed by atoms with Crippen LogP contribution < -0.4 is 4.74 Å². The fourth-order valence-corrected chi connectivity index (χ4v) is 3.68. The van der Waals surface area contributed by atoms with Crippen molar-refractivity contribution in [3.8, 4) is 16.5 Å². The minimum absolute atomic E-state index is 0.335. The highest BCUT2D eigenvalue weighted by Crippen LogP contribution is 2.26. The number of aliphatic carboxylic acids is 1. The average molecular weight is 443 g/mol. The van der Waals surface area contributed by atoms with E-state index in [1.165, 1.54) is 0 Å². The molecule has 0 saturated carbocycles. The van der Waals surface area contributed by atoms with Gasteiger partial charge in [-0.25, -0.2) is 4.98 Å². The number of oxime groups is 1. The van der Waals surface area contributed by atoms with Crippen molar-refractivity contribution in [2.24, 2.45) is 11.1 Å². The molecule has 1 aromatic carbocycles. The summed E-state index contributed by atoms with van der Waals surface area (Å²) in [6.45, 7) is 6.25. The van der Waals surface area contributed by atoms with Crippen LogP contribution >= 0.6 is 11.3 Å². The molecule has 8 heteroatoms. The van der Waals surface area contributed by atoms with Gasteiger partial charge in [-0.1, -0.05) is 23.4 Å². The number of thiophene rings is 1. The molecule has 3 rings (SSSR count). The van der Waals surface area contributed by atoms with Crippen molar-refractivity contribution in [3.63, 3.8) is 0 Å². The predicted octanol–water partition coefficient (Wildman–Crippen LogP) is 4.99. The second-order valence-corrected chi connectivity index (χ2v) is 7.93. The van der Waals surface area contributed by atoms with Gasteiger partial charge in [-0.15, -0.1) is 11.3 Å². The molecule has 0 fully saturated rings.